The van der Waals surface area contributed by atoms with Crippen molar-refractivity contribution < 1.29 is 19.4 Å². The van der Waals surface area contributed by atoms with E-state index in [0.29, 0.717) is 37.7 Å². The fourth-order valence-electron chi connectivity index (χ4n) is 2.57. The zero-order valence-electron chi connectivity index (χ0n) is 11.2. The van der Waals surface area contributed by atoms with Gasteiger partial charge in [0.25, 0.3) is 5.91 Å². The lowest BCUT2D eigenvalue weighted by molar-refractivity contribution is -0.0185. The summed E-state index contributed by atoms with van der Waals surface area (Å²) in [5.41, 5.74) is 1.38. The van der Waals surface area contributed by atoms with E-state index in [0.717, 1.165) is 12.2 Å². The number of para-hydroxylation sites is 1. The summed E-state index contributed by atoms with van der Waals surface area (Å²) in [6.07, 6.45) is 0. The van der Waals surface area contributed by atoms with Gasteiger partial charge in [-0.1, -0.05) is 6.07 Å². The van der Waals surface area contributed by atoms with E-state index in [2.05, 4.69) is 5.32 Å². The first-order valence-corrected chi connectivity index (χ1v) is 6.80. The van der Waals surface area contributed by atoms with E-state index >= 15 is 0 Å². The van der Waals surface area contributed by atoms with E-state index in [1.165, 1.54) is 0 Å². The standard InChI is InChI=1S/C14H18N2O4/c17-8-10-9-19-7-5-16(10)14(18)11-2-1-3-12-13(11)20-6-4-15-12/h1-3,10,15,17H,4-9H2. The van der Waals surface area contributed by atoms with Crippen molar-refractivity contribution in [2.75, 3.05) is 44.8 Å². The molecule has 1 fully saturated rings. The van der Waals surface area contributed by atoms with Crippen molar-refractivity contribution in [3.8, 4) is 5.75 Å². The predicted octanol–water partition coefficient (Wildman–Crippen LogP) is 0.324. The van der Waals surface area contributed by atoms with E-state index in [1.807, 2.05) is 12.1 Å². The number of nitrogens with one attached hydrogen (secondary N) is 1. The van der Waals surface area contributed by atoms with Crippen molar-refractivity contribution in [3.63, 3.8) is 0 Å². The summed E-state index contributed by atoms with van der Waals surface area (Å²) in [5, 5.41) is 12.6. The predicted molar refractivity (Wildman–Crippen MR) is 73.2 cm³/mol. The summed E-state index contributed by atoms with van der Waals surface area (Å²) in [4.78, 5) is 14.4. The molecule has 0 aliphatic carbocycles. The van der Waals surface area contributed by atoms with Crippen LogP contribution in [0.15, 0.2) is 18.2 Å². The third-order valence-corrected chi connectivity index (χ3v) is 3.61. The molecule has 1 aromatic rings. The summed E-state index contributed by atoms with van der Waals surface area (Å²) >= 11 is 0. The lowest BCUT2D eigenvalue weighted by Crippen LogP contribution is -2.50. The Morgan fingerprint density at radius 2 is 2.35 bits per heavy atom. The maximum Gasteiger partial charge on any atom is 0.258 e. The molecule has 3 rings (SSSR count). The lowest BCUT2D eigenvalue weighted by Gasteiger charge is -2.35. The molecule has 2 aliphatic rings. The molecule has 20 heavy (non-hydrogen) atoms. The molecule has 0 bridgehead atoms. The number of anilines is 1. The maximum atomic E-state index is 12.7. The minimum absolute atomic E-state index is 0.0974. The highest BCUT2D eigenvalue weighted by Crippen LogP contribution is 2.32. The topological polar surface area (TPSA) is 71.0 Å². The zero-order valence-corrected chi connectivity index (χ0v) is 11.2. The van der Waals surface area contributed by atoms with E-state index in [-0.39, 0.29) is 18.6 Å². The van der Waals surface area contributed by atoms with Crippen molar-refractivity contribution in [1.82, 2.24) is 4.90 Å². The number of aliphatic hydroxyl groups is 1. The number of nitrogens with zero attached hydrogens (tertiary/aromatic N) is 1. The molecule has 108 valence electrons. The molecule has 1 atom stereocenters. The molecule has 2 aliphatic heterocycles. The van der Waals surface area contributed by atoms with Gasteiger partial charge in [0.2, 0.25) is 0 Å². The van der Waals surface area contributed by atoms with E-state index in [9.17, 15) is 9.90 Å². The van der Waals surface area contributed by atoms with Gasteiger partial charge in [0.15, 0.2) is 5.75 Å². The second kappa shape index (κ2) is 5.68. The Bertz CT molecular complexity index is 506. The van der Waals surface area contributed by atoms with Crippen LogP contribution in [0.5, 0.6) is 5.75 Å². The number of carbonyl (C=O) groups is 1. The Morgan fingerprint density at radius 3 is 3.20 bits per heavy atom. The lowest BCUT2D eigenvalue weighted by atomic mass is 10.1. The Morgan fingerprint density at radius 1 is 1.45 bits per heavy atom. The van der Waals surface area contributed by atoms with Crippen molar-refractivity contribution in [2.24, 2.45) is 0 Å². The van der Waals surface area contributed by atoms with Crippen LogP contribution in [0.4, 0.5) is 5.69 Å². The van der Waals surface area contributed by atoms with Crippen LogP contribution in [0.25, 0.3) is 0 Å². The van der Waals surface area contributed by atoms with Crippen molar-refractivity contribution in [2.45, 2.75) is 6.04 Å². The van der Waals surface area contributed by atoms with Crippen LogP contribution >= 0.6 is 0 Å². The first kappa shape index (κ1) is 13.2. The van der Waals surface area contributed by atoms with Gasteiger partial charge in [-0.2, -0.15) is 0 Å². The molecule has 1 amide bonds. The minimum Gasteiger partial charge on any atom is -0.489 e. The molecule has 2 N–H and O–H groups in total. The number of fused-ring (bicyclic) bond motifs is 1. The number of morpholine rings is 1. The van der Waals surface area contributed by atoms with Crippen molar-refractivity contribution >= 4 is 11.6 Å². The van der Waals surface area contributed by atoms with Gasteiger partial charge >= 0.3 is 0 Å². The van der Waals surface area contributed by atoms with Crippen LogP contribution < -0.4 is 10.1 Å². The highest BCUT2D eigenvalue weighted by molar-refractivity contribution is 5.99. The summed E-state index contributed by atoms with van der Waals surface area (Å²) in [6.45, 7) is 2.54. The molecular formula is C14H18N2O4. The molecule has 6 nitrogen and oxygen atoms in total. The van der Waals surface area contributed by atoms with Crippen LogP contribution in [0.1, 0.15) is 10.4 Å². The molecule has 1 saturated heterocycles. The van der Waals surface area contributed by atoms with Gasteiger partial charge in [0.1, 0.15) is 6.61 Å². The molecule has 0 saturated carbocycles. The fraction of sp³-hybridized carbons (Fsp3) is 0.500. The van der Waals surface area contributed by atoms with Gasteiger partial charge in [0.05, 0.1) is 37.1 Å². The first-order chi connectivity index (χ1) is 9.81. The van der Waals surface area contributed by atoms with Crippen LogP contribution in [0.2, 0.25) is 0 Å². The smallest absolute Gasteiger partial charge is 0.258 e. The molecule has 6 heteroatoms. The van der Waals surface area contributed by atoms with E-state index in [1.54, 1.807) is 11.0 Å². The van der Waals surface area contributed by atoms with Crippen LogP contribution in [-0.4, -0.2) is 61.5 Å². The highest BCUT2D eigenvalue weighted by atomic mass is 16.5. The molecule has 1 aromatic carbocycles. The third kappa shape index (κ3) is 2.32. The van der Waals surface area contributed by atoms with E-state index < -0.39 is 0 Å². The fourth-order valence-corrected chi connectivity index (χ4v) is 2.57. The van der Waals surface area contributed by atoms with E-state index in [4.69, 9.17) is 9.47 Å². The Kier molecular flexibility index (Phi) is 3.75. The summed E-state index contributed by atoms with van der Waals surface area (Å²) in [7, 11) is 0. The monoisotopic (exact) mass is 278 g/mol. The Labute approximate surface area is 117 Å². The molecule has 0 radical (unpaired) electrons. The SMILES string of the molecule is O=C(c1cccc2c1OCCN2)N1CCOCC1CO. The van der Waals surface area contributed by atoms with Crippen molar-refractivity contribution in [1.29, 1.82) is 0 Å². The largest absolute Gasteiger partial charge is 0.489 e. The zero-order chi connectivity index (χ0) is 13.9. The van der Waals surface area contributed by atoms with Gasteiger partial charge in [-0.3, -0.25) is 4.79 Å². The van der Waals surface area contributed by atoms with Gasteiger partial charge < -0.3 is 24.8 Å². The van der Waals surface area contributed by atoms with Crippen LogP contribution in [-0.2, 0) is 4.74 Å². The van der Waals surface area contributed by atoms with Crippen molar-refractivity contribution in [3.05, 3.63) is 23.8 Å². The van der Waals surface area contributed by atoms with Gasteiger partial charge in [-0.15, -0.1) is 0 Å². The third-order valence-electron chi connectivity index (χ3n) is 3.61. The van der Waals surface area contributed by atoms with Crippen LogP contribution in [0.3, 0.4) is 0 Å². The number of hydrogen-bond acceptors (Lipinski definition) is 5. The second-order valence-electron chi connectivity index (χ2n) is 4.87. The number of ether oxygens (including phenoxy) is 2. The molecule has 1 unspecified atom stereocenters. The second-order valence-corrected chi connectivity index (χ2v) is 4.87. The van der Waals surface area contributed by atoms with Crippen LogP contribution in [0, 0.1) is 0 Å². The van der Waals surface area contributed by atoms with Gasteiger partial charge in [-0.05, 0) is 12.1 Å². The summed E-state index contributed by atoms with van der Waals surface area (Å²) in [6, 6.07) is 5.21. The number of carbonyl (C=O) groups excluding carboxylic acids is 1. The highest BCUT2D eigenvalue weighted by Gasteiger charge is 2.30. The summed E-state index contributed by atoms with van der Waals surface area (Å²) < 4.78 is 10.9. The summed E-state index contributed by atoms with van der Waals surface area (Å²) in [5.74, 6) is 0.486. The number of rotatable bonds is 2. The molecule has 2 heterocycles. The number of aliphatic hydroxyl groups excluding tert-OH is 1. The minimum atomic E-state index is -0.288. The molecular weight excluding hydrogens is 260 g/mol. The quantitative estimate of drug-likeness (QED) is 0.815. The number of amides is 1. The molecule has 0 spiro atoms. The normalized spacial score (nSPS) is 21.6. The van der Waals surface area contributed by atoms with Gasteiger partial charge in [-0.25, -0.2) is 0 Å². The first-order valence-electron chi connectivity index (χ1n) is 6.80. The number of hydrogen-bond donors (Lipinski definition) is 2. The average molecular weight is 278 g/mol. The Hall–Kier alpha value is -1.79. The maximum absolute atomic E-state index is 12.7. The van der Waals surface area contributed by atoms with Gasteiger partial charge in [0, 0.05) is 13.1 Å². The Balaban J connectivity index is 1.90. The molecule has 0 aromatic heterocycles. The average Bonchev–Trinajstić information content (AvgIpc) is 2.53. The number of benzene rings is 1.